The molecule has 1 fully saturated rings. The topological polar surface area (TPSA) is 62.3 Å². The summed E-state index contributed by atoms with van der Waals surface area (Å²) in [6.45, 7) is 1.94. The normalized spacial score (nSPS) is 16.8. The predicted molar refractivity (Wildman–Crippen MR) is 98.8 cm³/mol. The Hall–Kier alpha value is -2.33. The van der Waals surface area contributed by atoms with Crippen LogP contribution in [-0.4, -0.2) is 31.6 Å². The van der Waals surface area contributed by atoms with Crippen molar-refractivity contribution in [2.45, 2.75) is 24.9 Å². The third kappa shape index (κ3) is 3.60. The van der Waals surface area contributed by atoms with Gasteiger partial charge in [-0.2, -0.15) is 0 Å². The lowest BCUT2D eigenvalue weighted by molar-refractivity contribution is -0.0289. The van der Waals surface area contributed by atoms with Crippen molar-refractivity contribution in [1.82, 2.24) is 0 Å². The number of nitrogens with zero attached hydrogens (tertiary/aromatic N) is 1. The second-order valence-corrected chi connectivity index (χ2v) is 6.50. The first kappa shape index (κ1) is 16.5. The lowest BCUT2D eigenvalue weighted by Gasteiger charge is -2.42. The minimum atomic E-state index is -0.0722. The van der Waals surface area contributed by atoms with Crippen molar-refractivity contribution in [2.75, 3.05) is 25.1 Å². The monoisotopic (exact) mass is 323 g/mol. The summed E-state index contributed by atoms with van der Waals surface area (Å²) in [4.78, 5) is 2.38. The molecule has 4 nitrogen and oxygen atoms in total. The van der Waals surface area contributed by atoms with Gasteiger partial charge in [-0.05, 0) is 42.7 Å². The number of piperidine rings is 1. The Kier molecular flexibility index (Phi) is 4.86. The van der Waals surface area contributed by atoms with Crippen LogP contribution in [0.2, 0.25) is 0 Å². The summed E-state index contributed by atoms with van der Waals surface area (Å²) in [5.41, 5.74) is 8.74. The molecular formula is C20H25N3O. The zero-order valence-corrected chi connectivity index (χ0v) is 14.2. The summed E-state index contributed by atoms with van der Waals surface area (Å²) in [6.07, 6.45) is 2.97. The van der Waals surface area contributed by atoms with Crippen LogP contribution in [0.5, 0.6) is 0 Å². The highest BCUT2D eigenvalue weighted by atomic mass is 16.5. The number of anilines is 1. The first-order valence-electron chi connectivity index (χ1n) is 8.40. The Morgan fingerprint density at radius 1 is 1.08 bits per heavy atom. The van der Waals surface area contributed by atoms with E-state index in [1.54, 1.807) is 0 Å². The number of methoxy groups -OCH3 is 1. The molecule has 126 valence electrons. The smallest absolute Gasteiger partial charge is 0.122 e. The lowest BCUT2D eigenvalue weighted by atomic mass is 9.85. The Labute approximate surface area is 143 Å². The fourth-order valence-electron chi connectivity index (χ4n) is 3.45. The van der Waals surface area contributed by atoms with Gasteiger partial charge in [0.1, 0.15) is 5.84 Å². The lowest BCUT2D eigenvalue weighted by Crippen LogP contribution is -2.47. The zero-order valence-electron chi connectivity index (χ0n) is 14.2. The second kappa shape index (κ2) is 7.05. The molecule has 3 N–H and O–H groups in total. The van der Waals surface area contributed by atoms with E-state index >= 15 is 0 Å². The number of rotatable bonds is 5. The number of nitrogen functional groups attached to an aromatic ring is 1. The van der Waals surface area contributed by atoms with Gasteiger partial charge in [0.25, 0.3) is 0 Å². The number of ether oxygens (including phenoxy) is 1. The van der Waals surface area contributed by atoms with Crippen LogP contribution in [0.15, 0.2) is 54.6 Å². The molecule has 0 saturated carbocycles. The van der Waals surface area contributed by atoms with E-state index in [-0.39, 0.29) is 11.4 Å². The minimum Gasteiger partial charge on any atom is -0.384 e. The summed E-state index contributed by atoms with van der Waals surface area (Å²) in [5, 5.41) is 7.48. The van der Waals surface area contributed by atoms with Gasteiger partial charge in [-0.25, -0.2) is 0 Å². The first-order valence-corrected chi connectivity index (χ1v) is 8.40. The molecule has 0 unspecified atom stereocenters. The molecule has 1 aliphatic heterocycles. The molecule has 1 saturated heterocycles. The summed E-state index contributed by atoms with van der Waals surface area (Å²) < 4.78 is 5.95. The number of amidine groups is 1. The van der Waals surface area contributed by atoms with Gasteiger partial charge >= 0.3 is 0 Å². The number of nitrogens with two attached hydrogens (primary N) is 1. The molecule has 1 heterocycles. The van der Waals surface area contributed by atoms with Crippen molar-refractivity contribution in [1.29, 1.82) is 5.41 Å². The van der Waals surface area contributed by atoms with E-state index in [4.69, 9.17) is 15.9 Å². The van der Waals surface area contributed by atoms with E-state index in [1.807, 2.05) is 31.4 Å². The van der Waals surface area contributed by atoms with E-state index in [0.717, 1.165) is 37.9 Å². The molecule has 3 rings (SSSR count). The molecule has 2 aromatic carbocycles. The molecular weight excluding hydrogens is 298 g/mol. The summed E-state index contributed by atoms with van der Waals surface area (Å²) in [6, 6.07) is 18.5. The average Bonchev–Trinajstić information content (AvgIpc) is 2.63. The maximum atomic E-state index is 7.48. The maximum Gasteiger partial charge on any atom is 0.122 e. The number of nitrogens with one attached hydrogen (secondary N) is 1. The van der Waals surface area contributed by atoms with Gasteiger partial charge < -0.3 is 15.4 Å². The maximum absolute atomic E-state index is 7.48. The molecule has 4 heteroatoms. The summed E-state index contributed by atoms with van der Waals surface area (Å²) in [5.74, 6) is 0.112. The molecule has 24 heavy (non-hydrogen) atoms. The van der Waals surface area contributed by atoms with Crippen LogP contribution >= 0.6 is 0 Å². The highest BCUT2D eigenvalue weighted by Gasteiger charge is 2.34. The molecule has 0 atom stereocenters. The van der Waals surface area contributed by atoms with Crippen LogP contribution in [0.25, 0.3) is 0 Å². The quantitative estimate of drug-likeness (QED) is 0.656. The van der Waals surface area contributed by atoms with Crippen LogP contribution in [0.1, 0.15) is 24.0 Å². The predicted octanol–water partition coefficient (Wildman–Crippen LogP) is 3.20. The first-order chi connectivity index (χ1) is 11.6. The van der Waals surface area contributed by atoms with Gasteiger partial charge in [0.2, 0.25) is 0 Å². The SMILES string of the molecule is COC1(Cc2ccccc2)CCN(c2ccc(C(=N)N)cc2)CC1. The van der Waals surface area contributed by atoms with Gasteiger partial charge in [0, 0.05) is 37.9 Å². The molecule has 0 bridgehead atoms. The molecule has 0 amide bonds. The van der Waals surface area contributed by atoms with Gasteiger partial charge in [-0.15, -0.1) is 0 Å². The zero-order chi connectivity index (χ0) is 17.0. The van der Waals surface area contributed by atoms with Gasteiger partial charge in [-0.3, -0.25) is 5.41 Å². The highest BCUT2D eigenvalue weighted by Crippen LogP contribution is 2.32. The Morgan fingerprint density at radius 3 is 2.25 bits per heavy atom. The van der Waals surface area contributed by atoms with E-state index in [9.17, 15) is 0 Å². The third-order valence-electron chi connectivity index (χ3n) is 5.02. The molecule has 0 radical (unpaired) electrons. The van der Waals surface area contributed by atoms with E-state index < -0.39 is 0 Å². The van der Waals surface area contributed by atoms with Crippen LogP contribution in [-0.2, 0) is 11.2 Å². The highest BCUT2D eigenvalue weighted by molar-refractivity contribution is 5.95. The van der Waals surface area contributed by atoms with E-state index in [0.29, 0.717) is 0 Å². The van der Waals surface area contributed by atoms with Crippen LogP contribution in [0, 0.1) is 5.41 Å². The van der Waals surface area contributed by atoms with Crippen molar-refractivity contribution < 1.29 is 4.74 Å². The van der Waals surface area contributed by atoms with Crippen LogP contribution in [0.3, 0.4) is 0 Å². The molecule has 1 aliphatic rings. The van der Waals surface area contributed by atoms with Gasteiger partial charge in [-0.1, -0.05) is 30.3 Å². The number of hydrogen-bond donors (Lipinski definition) is 2. The van der Waals surface area contributed by atoms with Crippen molar-refractivity contribution in [3.05, 3.63) is 65.7 Å². The Bertz CT molecular complexity index is 674. The van der Waals surface area contributed by atoms with Crippen LogP contribution in [0.4, 0.5) is 5.69 Å². The van der Waals surface area contributed by atoms with Gasteiger partial charge in [0.15, 0.2) is 0 Å². The van der Waals surface area contributed by atoms with E-state index in [2.05, 4.69) is 35.2 Å². The Morgan fingerprint density at radius 2 is 1.71 bits per heavy atom. The third-order valence-corrected chi connectivity index (χ3v) is 5.02. The van der Waals surface area contributed by atoms with E-state index in [1.165, 1.54) is 11.3 Å². The fraction of sp³-hybridized carbons (Fsp3) is 0.350. The van der Waals surface area contributed by atoms with Gasteiger partial charge in [0.05, 0.1) is 5.60 Å². The second-order valence-electron chi connectivity index (χ2n) is 6.50. The summed E-state index contributed by atoms with van der Waals surface area (Å²) >= 11 is 0. The number of hydrogen-bond acceptors (Lipinski definition) is 3. The van der Waals surface area contributed by atoms with Crippen molar-refractivity contribution in [2.24, 2.45) is 5.73 Å². The largest absolute Gasteiger partial charge is 0.384 e. The standard InChI is InChI=1S/C20H25N3O/c1-24-20(15-16-5-3-2-4-6-16)11-13-23(14-12-20)18-9-7-17(8-10-18)19(21)22/h2-10H,11-15H2,1H3,(H3,21,22). The molecule has 0 spiro atoms. The average molecular weight is 323 g/mol. The molecule has 2 aromatic rings. The van der Waals surface area contributed by atoms with Crippen LogP contribution < -0.4 is 10.6 Å². The van der Waals surface area contributed by atoms with Crippen molar-refractivity contribution >= 4 is 11.5 Å². The number of benzene rings is 2. The minimum absolute atomic E-state index is 0.0722. The Balaban J connectivity index is 1.66. The van der Waals surface area contributed by atoms with Crippen molar-refractivity contribution in [3.8, 4) is 0 Å². The summed E-state index contributed by atoms with van der Waals surface area (Å²) in [7, 11) is 1.83. The fourth-order valence-corrected chi connectivity index (χ4v) is 3.45. The van der Waals surface area contributed by atoms with Crippen molar-refractivity contribution in [3.63, 3.8) is 0 Å². The molecule has 0 aromatic heterocycles. The molecule has 0 aliphatic carbocycles.